The Morgan fingerprint density at radius 2 is 2.05 bits per heavy atom. The topological polar surface area (TPSA) is 57.8 Å². The third-order valence-corrected chi connectivity index (χ3v) is 4.51. The monoisotopic (exact) mass is 295 g/mol. The van der Waals surface area contributed by atoms with Crippen LogP contribution in [0.5, 0.6) is 0 Å². The highest BCUT2D eigenvalue weighted by Gasteiger charge is 2.32. The molecule has 0 aliphatic carbocycles. The van der Waals surface area contributed by atoms with Gasteiger partial charge in [0.2, 0.25) is 5.91 Å². The highest BCUT2D eigenvalue weighted by molar-refractivity contribution is 7.08. The van der Waals surface area contributed by atoms with E-state index in [0.29, 0.717) is 12.2 Å². The van der Waals surface area contributed by atoms with Crippen LogP contribution in [0.15, 0.2) is 47.2 Å². The van der Waals surface area contributed by atoms with Crippen LogP contribution in [-0.2, 0) is 4.79 Å². The quantitative estimate of drug-likeness (QED) is 0.758. The van der Waals surface area contributed by atoms with Gasteiger partial charge in [-0.15, -0.1) is 0 Å². The zero-order chi connectivity index (χ0) is 14.2. The number of aromatic amines is 1. The summed E-state index contributed by atoms with van der Waals surface area (Å²) < 4.78 is 0. The Balaban J connectivity index is 1.89. The number of thiophene rings is 1. The van der Waals surface area contributed by atoms with Gasteiger partial charge in [-0.3, -0.25) is 9.89 Å². The van der Waals surface area contributed by atoms with Gasteiger partial charge in [0, 0.05) is 17.9 Å². The van der Waals surface area contributed by atoms with Gasteiger partial charge in [0.15, 0.2) is 5.82 Å². The van der Waals surface area contributed by atoms with Crippen LogP contribution in [0.25, 0.3) is 11.3 Å². The van der Waals surface area contributed by atoms with Gasteiger partial charge in [-0.25, -0.2) is 0 Å². The van der Waals surface area contributed by atoms with Gasteiger partial charge in [-0.2, -0.15) is 16.4 Å². The van der Waals surface area contributed by atoms with Crippen molar-refractivity contribution in [3.8, 4) is 11.3 Å². The number of nitrogens with zero attached hydrogens (tertiary/aromatic N) is 1. The fourth-order valence-electron chi connectivity index (χ4n) is 2.84. The van der Waals surface area contributed by atoms with Gasteiger partial charge in [-0.1, -0.05) is 30.3 Å². The molecule has 2 N–H and O–H groups in total. The molecule has 1 aromatic carbocycles. The van der Waals surface area contributed by atoms with Crippen LogP contribution < -0.4 is 5.32 Å². The molecular formula is C16H13N3OS. The van der Waals surface area contributed by atoms with Crippen molar-refractivity contribution in [1.82, 2.24) is 10.2 Å². The van der Waals surface area contributed by atoms with Crippen LogP contribution in [0, 0.1) is 0 Å². The molecule has 0 bridgehead atoms. The second-order valence-electron chi connectivity index (χ2n) is 5.09. The van der Waals surface area contributed by atoms with Crippen LogP contribution in [-0.4, -0.2) is 16.1 Å². The van der Waals surface area contributed by atoms with Gasteiger partial charge >= 0.3 is 0 Å². The fraction of sp³-hybridized carbons (Fsp3) is 0.125. The average molecular weight is 295 g/mol. The number of aromatic nitrogens is 2. The number of amides is 1. The van der Waals surface area contributed by atoms with E-state index in [1.807, 2.05) is 23.6 Å². The Morgan fingerprint density at radius 3 is 2.81 bits per heavy atom. The molecule has 0 saturated carbocycles. The molecule has 21 heavy (non-hydrogen) atoms. The van der Waals surface area contributed by atoms with Crippen LogP contribution >= 0.6 is 11.3 Å². The molecule has 1 aliphatic heterocycles. The Bertz CT molecular complexity index is 777. The lowest BCUT2D eigenvalue weighted by Crippen LogP contribution is -2.23. The first-order valence-corrected chi connectivity index (χ1v) is 7.73. The predicted octanol–water partition coefficient (Wildman–Crippen LogP) is 3.61. The van der Waals surface area contributed by atoms with E-state index in [2.05, 4.69) is 39.1 Å². The van der Waals surface area contributed by atoms with Crippen LogP contribution in [0.2, 0.25) is 0 Å². The van der Waals surface area contributed by atoms with Crippen LogP contribution in [0.4, 0.5) is 5.82 Å². The van der Waals surface area contributed by atoms with Crippen molar-refractivity contribution < 1.29 is 4.79 Å². The smallest absolute Gasteiger partial charge is 0.226 e. The van der Waals surface area contributed by atoms with Crippen molar-refractivity contribution in [2.45, 2.75) is 12.3 Å². The molecule has 1 aliphatic rings. The number of hydrogen-bond donors (Lipinski definition) is 2. The van der Waals surface area contributed by atoms with E-state index in [0.717, 1.165) is 16.8 Å². The lowest BCUT2D eigenvalue weighted by Gasteiger charge is -2.22. The fourth-order valence-corrected chi connectivity index (χ4v) is 3.55. The normalized spacial score (nSPS) is 17.3. The number of nitrogens with one attached hydrogen (secondary N) is 2. The second kappa shape index (κ2) is 4.86. The summed E-state index contributed by atoms with van der Waals surface area (Å²) in [6.45, 7) is 0. The number of hydrogen-bond acceptors (Lipinski definition) is 3. The first kappa shape index (κ1) is 12.3. The van der Waals surface area contributed by atoms with Gasteiger partial charge in [0.25, 0.3) is 0 Å². The lowest BCUT2D eigenvalue weighted by molar-refractivity contribution is -0.116. The summed E-state index contributed by atoms with van der Waals surface area (Å²) in [6, 6.07) is 12.2. The van der Waals surface area contributed by atoms with Crippen molar-refractivity contribution >= 4 is 23.1 Å². The highest BCUT2D eigenvalue weighted by Crippen LogP contribution is 2.41. The van der Waals surface area contributed by atoms with Crippen molar-refractivity contribution in [1.29, 1.82) is 0 Å². The molecule has 1 atom stereocenters. The third-order valence-electron chi connectivity index (χ3n) is 3.81. The van der Waals surface area contributed by atoms with Crippen molar-refractivity contribution in [2.24, 2.45) is 0 Å². The van der Waals surface area contributed by atoms with E-state index in [4.69, 9.17) is 0 Å². The maximum absolute atomic E-state index is 11.9. The minimum atomic E-state index is 0.0183. The number of fused-ring (bicyclic) bond motifs is 1. The molecule has 1 unspecified atom stereocenters. The van der Waals surface area contributed by atoms with E-state index >= 15 is 0 Å². The molecule has 2 aromatic heterocycles. The van der Waals surface area contributed by atoms with Crippen LogP contribution in [0.3, 0.4) is 0 Å². The number of anilines is 1. The SMILES string of the molecule is O=C1CC(c2ccsc2)c2c(n[nH]c2-c2ccccc2)N1. The Morgan fingerprint density at radius 1 is 1.19 bits per heavy atom. The molecule has 4 rings (SSSR count). The minimum Gasteiger partial charge on any atom is -0.309 e. The van der Waals surface area contributed by atoms with Gasteiger partial charge in [0.05, 0.1) is 5.69 Å². The van der Waals surface area contributed by atoms with E-state index in [9.17, 15) is 4.79 Å². The number of carbonyl (C=O) groups is 1. The van der Waals surface area contributed by atoms with E-state index in [1.165, 1.54) is 5.56 Å². The summed E-state index contributed by atoms with van der Waals surface area (Å²) in [7, 11) is 0. The number of carbonyl (C=O) groups excluding carboxylic acids is 1. The molecule has 0 spiro atoms. The van der Waals surface area contributed by atoms with Crippen molar-refractivity contribution in [3.05, 3.63) is 58.3 Å². The summed E-state index contributed by atoms with van der Waals surface area (Å²) in [4.78, 5) is 11.9. The standard InChI is InChI=1S/C16H13N3OS/c20-13-8-12(11-6-7-21-9-11)14-15(18-19-16(14)17-13)10-4-2-1-3-5-10/h1-7,9,12H,8H2,(H2,17,18,19,20). The number of rotatable bonds is 2. The molecule has 0 fully saturated rings. The first-order chi connectivity index (χ1) is 10.3. The Labute approximate surface area is 125 Å². The number of H-pyrrole nitrogens is 1. The van der Waals surface area contributed by atoms with Gasteiger partial charge < -0.3 is 5.32 Å². The minimum absolute atomic E-state index is 0.0183. The molecule has 5 heteroatoms. The predicted molar refractivity (Wildman–Crippen MR) is 83.4 cm³/mol. The molecular weight excluding hydrogens is 282 g/mol. The molecule has 0 radical (unpaired) electrons. The van der Waals surface area contributed by atoms with Gasteiger partial charge in [-0.05, 0) is 28.0 Å². The Hall–Kier alpha value is -2.40. The molecule has 1 amide bonds. The largest absolute Gasteiger partial charge is 0.309 e. The molecule has 3 heterocycles. The zero-order valence-corrected chi connectivity index (χ0v) is 12.0. The second-order valence-corrected chi connectivity index (χ2v) is 5.87. The lowest BCUT2D eigenvalue weighted by atomic mass is 9.86. The summed E-state index contributed by atoms with van der Waals surface area (Å²) in [5.41, 5.74) is 4.33. The maximum atomic E-state index is 11.9. The number of benzene rings is 1. The van der Waals surface area contributed by atoms with E-state index < -0.39 is 0 Å². The van der Waals surface area contributed by atoms with E-state index in [1.54, 1.807) is 11.3 Å². The molecule has 3 aromatic rings. The first-order valence-electron chi connectivity index (χ1n) is 6.78. The van der Waals surface area contributed by atoms with Crippen LogP contribution in [0.1, 0.15) is 23.5 Å². The van der Waals surface area contributed by atoms with Crippen molar-refractivity contribution in [2.75, 3.05) is 5.32 Å². The average Bonchev–Trinajstić information content (AvgIpc) is 3.16. The zero-order valence-electron chi connectivity index (χ0n) is 11.2. The summed E-state index contributed by atoms with van der Waals surface area (Å²) in [6.07, 6.45) is 0.461. The van der Waals surface area contributed by atoms with E-state index in [-0.39, 0.29) is 11.8 Å². The maximum Gasteiger partial charge on any atom is 0.226 e. The molecule has 4 nitrogen and oxygen atoms in total. The van der Waals surface area contributed by atoms with Gasteiger partial charge in [0.1, 0.15) is 0 Å². The molecule has 104 valence electrons. The molecule has 0 saturated heterocycles. The highest BCUT2D eigenvalue weighted by atomic mass is 32.1. The Kier molecular flexibility index (Phi) is 2.86. The summed E-state index contributed by atoms with van der Waals surface area (Å²) in [5.74, 6) is 0.736. The van der Waals surface area contributed by atoms with Crippen molar-refractivity contribution in [3.63, 3.8) is 0 Å². The summed E-state index contributed by atoms with van der Waals surface area (Å²) >= 11 is 1.65. The third kappa shape index (κ3) is 2.06. The summed E-state index contributed by atoms with van der Waals surface area (Å²) in [5, 5.41) is 14.4.